The lowest BCUT2D eigenvalue weighted by atomic mass is 9.93. The zero-order valence-corrected chi connectivity index (χ0v) is 26.8. The highest BCUT2D eigenvalue weighted by Crippen LogP contribution is 2.33. The smallest absolute Gasteiger partial charge is 0.311 e. The first-order chi connectivity index (χ1) is 19.9. The van der Waals surface area contributed by atoms with Crippen molar-refractivity contribution in [1.29, 1.82) is 0 Å². The summed E-state index contributed by atoms with van der Waals surface area (Å²) in [5, 5.41) is 8.28. The van der Waals surface area contributed by atoms with Gasteiger partial charge in [0.05, 0.1) is 33.2 Å². The summed E-state index contributed by atoms with van der Waals surface area (Å²) in [7, 11) is 0.0634. The van der Waals surface area contributed by atoms with E-state index in [0.29, 0.717) is 23.5 Å². The second-order valence-corrected chi connectivity index (χ2v) is 14.7. The molecule has 0 radical (unpaired) electrons. The molecule has 0 bridgehead atoms. The fourth-order valence-electron chi connectivity index (χ4n) is 4.48. The van der Waals surface area contributed by atoms with Crippen LogP contribution in [0.25, 0.3) is 0 Å². The molecule has 8 nitrogen and oxygen atoms in total. The molecule has 2 aliphatic heterocycles. The van der Waals surface area contributed by atoms with E-state index in [1.165, 1.54) is 30.0 Å². The molecule has 2 heterocycles. The summed E-state index contributed by atoms with van der Waals surface area (Å²) in [6.45, 7) is 8.54. The fraction of sp³-hybridized carbons (Fsp3) is 0.433. The molecule has 2 aromatic carbocycles. The van der Waals surface area contributed by atoms with E-state index in [-0.39, 0.29) is 22.1 Å². The summed E-state index contributed by atoms with van der Waals surface area (Å²) < 4.78 is 22.6. The van der Waals surface area contributed by atoms with Crippen LogP contribution in [0.1, 0.15) is 58.1 Å². The summed E-state index contributed by atoms with van der Waals surface area (Å²) in [5.74, 6) is -0.0798. The zero-order chi connectivity index (χ0) is 30.5. The number of esters is 1. The van der Waals surface area contributed by atoms with Crippen molar-refractivity contribution in [1.82, 2.24) is 14.9 Å². The van der Waals surface area contributed by atoms with Gasteiger partial charge in [0.1, 0.15) is 12.4 Å². The van der Waals surface area contributed by atoms with Crippen LogP contribution in [-0.4, -0.2) is 40.1 Å². The Morgan fingerprint density at radius 2 is 2.00 bits per heavy atom. The molecule has 1 saturated heterocycles. The van der Waals surface area contributed by atoms with E-state index >= 15 is 0 Å². The molecule has 2 unspecified atom stereocenters. The summed E-state index contributed by atoms with van der Waals surface area (Å²) in [6, 6.07) is 9.83. The van der Waals surface area contributed by atoms with E-state index in [9.17, 15) is 14.0 Å². The van der Waals surface area contributed by atoms with E-state index < -0.39 is 28.0 Å². The number of piperidine rings is 1. The lowest BCUT2D eigenvalue weighted by molar-refractivity contribution is -0.155. The van der Waals surface area contributed by atoms with Crippen molar-refractivity contribution in [2.75, 3.05) is 30.1 Å². The minimum atomic E-state index is -1.06. The van der Waals surface area contributed by atoms with Crippen LogP contribution in [0.4, 0.5) is 20.6 Å². The van der Waals surface area contributed by atoms with E-state index in [1.54, 1.807) is 39.8 Å². The van der Waals surface area contributed by atoms with Crippen molar-refractivity contribution in [2.24, 2.45) is 5.41 Å². The molecule has 0 aliphatic carbocycles. The van der Waals surface area contributed by atoms with Crippen LogP contribution in [0.5, 0.6) is 0 Å². The standard InChI is InChI=1S/C30H39ClFN5O3S2/c1-29(2,3)27(38)40-18-30(4,21-11-12-23(32)22(31)16-21)36-41-28(39)35-26-20(8-7-9-24(26)33)17-37-14-15-42(19-37)25-10-5-6-13-34-25/h7-9,11-12,14-16,34,36H,5-6,10,13,17-19,33H2,1-4H3,(H,35,39). The molecule has 4 rings (SSSR count). The van der Waals surface area contributed by atoms with Crippen molar-refractivity contribution in [3.63, 3.8) is 0 Å². The van der Waals surface area contributed by atoms with E-state index in [2.05, 4.69) is 31.9 Å². The minimum absolute atomic E-state index is 0.0634. The second-order valence-electron chi connectivity index (χ2n) is 11.7. The van der Waals surface area contributed by atoms with Crippen molar-refractivity contribution in [2.45, 2.75) is 59.0 Å². The van der Waals surface area contributed by atoms with Crippen molar-refractivity contribution in [3.05, 3.63) is 70.0 Å². The van der Waals surface area contributed by atoms with Crippen LogP contribution in [0.2, 0.25) is 5.02 Å². The monoisotopic (exact) mass is 635 g/mol. The topological polar surface area (TPSA) is 109 Å². The SMILES string of the molecule is CC(C)(C)C(=O)OCC(C)(NSC(=O)Nc1c(N)cccc1CN1C=C/S(=C2/CCCCN2)C1)c1ccc(F)c(Cl)c1. The molecular weight excluding hydrogens is 597 g/mol. The summed E-state index contributed by atoms with van der Waals surface area (Å²) in [6.07, 6.45) is 5.68. The highest BCUT2D eigenvalue weighted by Gasteiger charge is 2.33. The number of para-hydroxylation sites is 1. The van der Waals surface area contributed by atoms with Gasteiger partial charge in [-0.05, 0) is 81.7 Å². The quantitative estimate of drug-likeness (QED) is 0.109. The van der Waals surface area contributed by atoms with Crippen LogP contribution in [0, 0.1) is 11.2 Å². The number of carbonyl (C=O) groups excluding carboxylic acids is 2. The predicted molar refractivity (Wildman–Crippen MR) is 174 cm³/mol. The van der Waals surface area contributed by atoms with Crippen LogP contribution >= 0.6 is 34.0 Å². The number of benzene rings is 2. The molecular formula is C30H39ClFN5O3S2. The Balaban J connectivity index is 1.45. The number of amides is 1. The molecule has 228 valence electrons. The van der Waals surface area contributed by atoms with E-state index in [1.807, 2.05) is 12.1 Å². The molecule has 12 heteroatoms. The number of anilines is 2. The summed E-state index contributed by atoms with van der Waals surface area (Å²) >= 11 is 6.86. The molecule has 2 aromatic rings. The Bertz CT molecular complexity index is 1390. The number of nitrogens with one attached hydrogen (secondary N) is 3. The number of hydrogen-bond donors (Lipinski definition) is 4. The Labute approximate surface area is 259 Å². The third-order valence-electron chi connectivity index (χ3n) is 7.02. The van der Waals surface area contributed by atoms with Gasteiger partial charge in [0.15, 0.2) is 0 Å². The van der Waals surface area contributed by atoms with Gasteiger partial charge in [-0.3, -0.25) is 14.9 Å². The van der Waals surface area contributed by atoms with Gasteiger partial charge in [-0.15, -0.1) is 10.5 Å². The van der Waals surface area contributed by atoms with Crippen LogP contribution in [-0.2, 0) is 21.6 Å². The van der Waals surface area contributed by atoms with Gasteiger partial charge >= 0.3 is 5.97 Å². The molecule has 2 aliphatic rings. The molecule has 5 N–H and O–H groups in total. The van der Waals surface area contributed by atoms with Gasteiger partial charge in [-0.1, -0.05) is 29.8 Å². The van der Waals surface area contributed by atoms with Gasteiger partial charge in [0.25, 0.3) is 5.24 Å². The average molecular weight is 636 g/mol. The molecule has 2 atom stereocenters. The third kappa shape index (κ3) is 8.29. The van der Waals surface area contributed by atoms with Crippen molar-refractivity contribution in [3.8, 4) is 0 Å². The van der Waals surface area contributed by atoms with Gasteiger partial charge < -0.3 is 20.7 Å². The first-order valence-electron chi connectivity index (χ1n) is 13.8. The normalized spacial score (nSPS) is 19.4. The van der Waals surface area contributed by atoms with Crippen molar-refractivity contribution >= 4 is 61.6 Å². The molecule has 0 spiro atoms. The number of nitrogens with zero attached hydrogens (tertiary/aromatic N) is 1. The summed E-state index contributed by atoms with van der Waals surface area (Å²) in [5.41, 5.74) is 6.99. The first kappa shape index (κ1) is 32.3. The maximum atomic E-state index is 13.9. The Hall–Kier alpha value is -2.57. The maximum Gasteiger partial charge on any atom is 0.311 e. The predicted octanol–water partition coefficient (Wildman–Crippen LogP) is 6.75. The number of halogens is 2. The third-order valence-corrected chi connectivity index (χ3v) is 10.2. The van der Waals surface area contributed by atoms with Gasteiger partial charge in [-0.25, -0.2) is 9.11 Å². The Kier molecular flexibility index (Phi) is 10.6. The summed E-state index contributed by atoms with van der Waals surface area (Å²) in [4.78, 5) is 29.4. The zero-order valence-electron chi connectivity index (χ0n) is 24.4. The molecule has 1 fully saturated rings. The van der Waals surface area contributed by atoms with Gasteiger partial charge in [-0.2, -0.15) is 0 Å². The largest absolute Gasteiger partial charge is 0.463 e. The highest BCUT2D eigenvalue weighted by molar-refractivity contribution is 8.18. The van der Waals surface area contributed by atoms with Gasteiger partial charge in [0.2, 0.25) is 0 Å². The fourth-order valence-corrected chi connectivity index (χ4v) is 7.26. The Morgan fingerprint density at radius 3 is 2.69 bits per heavy atom. The van der Waals surface area contributed by atoms with E-state index in [0.717, 1.165) is 36.4 Å². The highest BCUT2D eigenvalue weighted by atomic mass is 35.5. The molecule has 1 amide bonds. The number of nitrogen functional groups attached to an aromatic ring is 1. The first-order valence-corrected chi connectivity index (χ1v) is 16.5. The average Bonchev–Trinajstić information content (AvgIpc) is 3.42. The number of nitrogens with two attached hydrogens (primary N) is 1. The number of rotatable bonds is 8. The lowest BCUT2D eigenvalue weighted by Gasteiger charge is -2.31. The molecule has 42 heavy (non-hydrogen) atoms. The van der Waals surface area contributed by atoms with Crippen molar-refractivity contribution < 1.29 is 18.7 Å². The number of carbonyl (C=O) groups is 2. The number of hydrogen-bond acceptors (Lipinski definition) is 7. The lowest BCUT2D eigenvalue weighted by Crippen LogP contribution is -2.42. The number of ether oxygens (including phenoxy) is 1. The second kappa shape index (κ2) is 13.8. The van der Waals surface area contributed by atoms with Crippen LogP contribution in [0.15, 0.2) is 48.0 Å². The minimum Gasteiger partial charge on any atom is -0.463 e. The molecule has 0 saturated carbocycles. The Morgan fingerprint density at radius 1 is 1.21 bits per heavy atom. The van der Waals surface area contributed by atoms with Crippen LogP contribution < -0.4 is 21.1 Å². The van der Waals surface area contributed by atoms with E-state index in [4.69, 9.17) is 22.1 Å². The molecule has 0 aromatic heterocycles. The van der Waals surface area contributed by atoms with Gasteiger partial charge in [0, 0.05) is 36.2 Å². The van der Waals surface area contributed by atoms with Crippen LogP contribution in [0.3, 0.4) is 0 Å². The maximum absolute atomic E-state index is 13.9.